The minimum Gasteiger partial charge on any atom is -0.393 e. The number of hydrogen-bond donors (Lipinski definition) is 2. The Hall–Kier alpha value is -1.73. The summed E-state index contributed by atoms with van der Waals surface area (Å²) in [6, 6.07) is 1.76. The second kappa shape index (κ2) is 5.74. The summed E-state index contributed by atoms with van der Waals surface area (Å²) in [5, 5.41) is 16.2. The summed E-state index contributed by atoms with van der Waals surface area (Å²) in [6.07, 6.45) is 3.56. The lowest BCUT2D eigenvalue weighted by molar-refractivity contribution is 0.188. The van der Waals surface area contributed by atoms with Gasteiger partial charge in [0, 0.05) is 18.9 Å². The molecule has 0 spiro atoms. The molecule has 0 fully saturated rings. The van der Waals surface area contributed by atoms with E-state index in [-0.39, 0.29) is 11.4 Å². The molecule has 0 saturated carbocycles. The van der Waals surface area contributed by atoms with Crippen LogP contribution in [0.4, 0.5) is 5.95 Å². The maximum atomic E-state index is 9.16. The number of nitrogens with zero attached hydrogens (tertiary/aromatic N) is 5. The van der Waals surface area contributed by atoms with E-state index in [1.54, 1.807) is 25.4 Å². The van der Waals surface area contributed by atoms with Crippen LogP contribution in [0.5, 0.6) is 0 Å². The summed E-state index contributed by atoms with van der Waals surface area (Å²) in [5.41, 5.74) is 0. The van der Waals surface area contributed by atoms with E-state index in [0.717, 1.165) is 0 Å². The largest absolute Gasteiger partial charge is 0.393 e. The zero-order valence-electron chi connectivity index (χ0n) is 9.78. The lowest BCUT2D eigenvalue weighted by Crippen LogP contribution is -2.13. The van der Waals surface area contributed by atoms with Crippen LogP contribution in [0.3, 0.4) is 0 Å². The summed E-state index contributed by atoms with van der Waals surface area (Å²) < 4.78 is 1.49. The number of nitrogens with one attached hydrogen (secondary N) is 1. The van der Waals surface area contributed by atoms with Gasteiger partial charge in [0.25, 0.3) is 5.95 Å². The zero-order valence-corrected chi connectivity index (χ0v) is 10.5. The third-order valence-electron chi connectivity index (χ3n) is 2.15. The van der Waals surface area contributed by atoms with Crippen LogP contribution >= 0.6 is 11.6 Å². The quantitative estimate of drug-likeness (QED) is 0.837. The normalized spacial score (nSPS) is 12.4. The van der Waals surface area contributed by atoms with Gasteiger partial charge in [-0.05, 0) is 31.0 Å². The SMILES string of the molecule is CC(O)CCNc1nc(Cl)nc(-n2cccn2)n1. The van der Waals surface area contributed by atoms with Crippen LogP contribution in [0, 0.1) is 0 Å². The van der Waals surface area contributed by atoms with Gasteiger partial charge in [0.05, 0.1) is 6.10 Å². The highest BCUT2D eigenvalue weighted by atomic mass is 35.5. The minimum absolute atomic E-state index is 0.0926. The molecule has 0 bridgehead atoms. The molecule has 7 nitrogen and oxygen atoms in total. The lowest BCUT2D eigenvalue weighted by atomic mass is 10.3. The van der Waals surface area contributed by atoms with Crippen LogP contribution in [0.2, 0.25) is 5.28 Å². The van der Waals surface area contributed by atoms with Crippen LogP contribution in [-0.4, -0.2) is 42.5 Å². The molecule has 0 aromatic carbocycles. The van der Waals surface area contributed by atoms with Crippen LogP contribution in [0.25, 0.3) is 5.95 Å². The molecule has 0 radical (unpaired) electrons. The first-order valence-electron chi connectivity index (χ1n) is 5.48. The summed E-state index contributed by atoms with van der Waals surface area (Å²) in [4.78, 5) is 12.1. The van der Waals surface area contributed by atoms with Gasteiger partial charge in [-0.25, -0.2) is 4.68 Å². The van der Waals surface area contributed by atoms with Crippen molar-refractivity contribution in [2.24, 2.45) is 0 Å². The number of anilines is 1. The van der Waals surface area contributed by atoms with E-state index in [1.165, 1.54) is 4.68 Å². The number of aliphatic hydroxyl groups excluding tert-OH is 1. The molecule has 1 atom stereocenters. The first-order chi connectivity index (χ1) is 8.65. The fourth-order valence-electron chi connectivity index (χ4n) is 1.30. The van der Waals surface area contributed by atoms with Crippen LogP contribution in [0.1, 0.15) is 13.3 Å². The highest BCUT2D eigenvalue weighted by molar-refractivity contribution is 6.28. The topological polar surface area (TPSA) is 88.8 Å². The molecule has 2 rings (SSSR count). The molecule has 0 aliphatic rings. The Morgan fingerprint density at radius 2 is 2.28 bits per heavy atom. The molecule has 2 N–H and O–H groups in total. The van der Waals surface area contributed by atoms with Crippen molar-refractivity contribution < 1.29 is 5.11 Å². The molecule has 2 heterocycles. The minimum atomic E-state index is -0.375. The monoisotopic (exact) mass is 268 g/mol. The van der Waals surface area contributed by atoms with Gasteiger partial charge >= 0.3 is 0 Å². The fraction of sp³-hybridized carbons (Fsp3) is 0.400. The average Bonchev–Trinajstić information content (AvgIpc) is 2.81. The first-order valence-corrected chi connectivity index (χ1v) is 5.86. The highest BCUT2D eigenvalue weighted by Gasteiger charge is 2.07. The third kappa shape index (κ3) is 3.38. The standard InChI is InChI=1S/C10H13ClN6O/c1-7(18)3-5-12-9-14-8(11)15-10(16-9)17-6-2-4-13-17/h2,4,6-7,18H,3,5H2,1H3,(H,12,14,15,16). The van der Waals surface area contributed by atoms with E-state index in [2.05, 4.69) is 25.4 Å². The summed E-state index contributed by atoms with van der Waals surface area (Å²) in [5.74, 6) is 0.709. The average molecular weight is 269 g/mol. The second-order valence-electron chi connectivity index (χ2n) is 3.74. The van der Waals surface area contributed by atoms with E-state index in [0.29, 0.717) is 24.9 Å². The summed E-state index contributed by atoms with van der Waals surface area (Å²) >= 11 is 5.82. The number of aromatic nitrogens is 5. The van der Waals surface area contributed by atoms with Gasteiger partial charge in [-0.2, -0.15) is 20.1 Å². The van der Waals surface area contributed by atoms with Gasteiger partial charge in [0.15, 0.2) is 0 Å². The van der Waals surface area contributed by atoms with Crippen LogP contribution < -0.4 is 5.32 Å². The molecule has 8 heteroatoms. The predicted molar refractivity (Wildman–Crippen MR) is 66.7 cm³/mol. The molecule has 0 amide bonds. The van der Waals surface area contributed by atoms with Gasteiger partial charge in [-0.3, -0.25) is 0 Å². The van der Waals surface area contributed by atoms with E-state index in [1.807, 2.05) is 0 Å². The van der Waals surface area contributed by atoms with Crippen molar-refractivity contribution in [3.63, 3.8) is 0 Å². The Labute approximate surface area is 109 Å². The van der Waals surface area contributed by atoms with Crippen molar-refractivity contribution in [1.82, 2.24) is 24.7 Å². The molecule has 2 aromatic rings. The van der Waals surface area contributed by atoms with Crippen molar-refractivity contribution in [1.29, 1.82) is 0 Å². The van der Waals surface area contributed by atoms with Crippen molar-refractivity contribution in [2.75, 3.05) is 11.9 Å². The van der Waals surface area contributed by atoms with Gasteiger partial charge in [0.1, 0.15) is 0 Å². The molecule has 0 aliphatic heterocycles. The van der Waals surface area contributed by atoms with E-state index >= 15 is 0 Å². The van der Waals surface area contributed by atoms with Crippen molar-refractivity contribution in [3.8, 4) is 5.95 Å². The molecule has 0 aliphatic carbocycles. The maximum Gasteiger partial charge on any atom is 0.256 e. The lowest BCUT2D eigenvalue weighted by Gasteiger charge is -2.07. The maximum absolute atomic E-state index is 9.16. The highest BCUT2D eigenvalue weighted by Crippen LogP contribution is 2.08. The van der Waals surface area contributed by atoms with E-state index in [4.69, 9.17) is 16.7 Å². The Balaban J connectivity index is 2.12. The van der Waals surface area contributed by atoms with Gasteiger partial charge in [0.2, 0.25) is 11.2 Å². The van der Waals surface area contributed by atoms with E-state index in [9.17, 15) is 0 Å². The molecule has 1 unspecified atom stereocenters. The molecule has 18 heavy (non-hydrogen) atoms. The van der Waals surface area contributed by atoms with Crippen LogP contribution in [0.15, 0.2) is 18.5 Å². The smallest absolute Gasteiger partial charge is 0.256 e. The molecule has 2 aromatic heterocycles. The molecule has 0 saturated heterocycles. The number of rotatable bonds is 5. The Bertz CT molecular complexity index is 501. The predicted octanol–water partition coefficient (Wildman–Crippen LogP) is 0.893. The first kappa shape index (κ1) is 12.7. The molecular formula is C10H13ClN6O. The Kier molecular flexibility index (Phi) is 4.06. The Morgan fingerprint density at radius 1 is 1.44 bits per heavy atom. The second-order valence-corrected chi connectivity index (χ2v) is 4.08. The molecular weight excluding hydrogens is 256 g/mol. The third-order valence-corrected chi connectivity index (χ3v) is 2.32. The van der Waals surface area contributed by atoms with Gasteiger partial charge in [-0.1, -0.05) is 0 Å². The number of aliphatic hydroxyl groups is 1. The molecule has 96 valence electrons. The number of halogens is 1. The van der Waals surface area contributed by atoms with E-state index < -0.39 is 0 Å². The Morgan fingerprint density at radius 3 is 2.94 bits per heavy atom. The van der Waals surface area contributed by atoms with Gasteiger partial charge < -0.3 is 10.4 Å². The van der Waals surface area contributed by atoms with Crippen LogP contribution in [-0.2, 0) is 0 Å². The summed E-state index contributed by atoms with van der Waals surface area (Å²) in [7, 11) is 0. The van der Waals surface area contributed by atoms with Gasteiger partial charge in [-0.15, -0.1) is 0 Å². The summed E-state index contributed by atoms with van der Waals surface area (Å²) in [6.45, 7) is 2.27. The van der Waals surface area contributed by atoms with Crippen molar-refractivity contribution in [2.45, 2.75) is 19.4 Å². The van der Waals surface area contributed by atoms with Crippen molar-refractivity contribution in [3.05, 3.63) is 23.7 Å². The zero-order chi connectivity index (χ0) is 13.0. The fourth-order valence-corrected chi connectivity index (χ4v) is 1.46. The van der Waals surface area contributed by atoms with Crippen molar-refractivity contribution >= 4 is 17.5 Å². The number of hydrogen-bond acceptors (Lipinski definition) is 6.